The number of nitrogens with one attached hydrogen (secondary N) is 1. The van der Waals surface area contributed by atoms with Crippen LogP contribution in [-0.4, -0.2) is 37.6 Å². The van der Waals surface area contributed by atoms with Gasteiger partial charge in [-0.1, -0.05) is 27.2 Å². The summed E-state index contributed by atoms with van der Waals surface area (Å²) in [6, 6.07) is 0.771. The summed E-state index contributed by atoms with van der Waals surface area (Å²) in [6.07, 6.45) is 6.74. The molecule has 0 aromatic carbocycles. The second-order valence-corrected chi connectivity index (χ2v) is 6.73. The molecule has 0 heterocycles. The summed E-state index contributed by atoms with van der Waals surface area (Å²) in [6.45, 7) is 13.0. The maximum absolute atomic E-state index is 3.62. The average Bonchev–Trinajstić information content (AvgIpc) is 3.12. The van der Waals surface area contributed by atoms with Gasteiger partial charge in [0.2, 0.25) is 0 Å². The van der Waals surface area contributed by atoms with E-state index >= 15 is 0 Å². The van der Waals surface area contributed by atoms with Gasteiger partial charge in [-0.05, 0) is 57.5 Å². The maximum atomic E-state index is 3.62. The Morgan fingerprint density at radius 2 is 1.94 bits per heavy atom. The fourth-order valence-electron chi connectivity index (χ4n) is 3.08. The molecule has 108 valence electrons. The van der Waals surface area contributed by atoms with E-state index in [0.29, 0.717) is 5.41 Å². The van der Waals surface area contributed by atoms with Gasteiger partial charge in [-0.15, -0.1) is 0 Å². The molecule has 1 saturated carbocycles. The second kappa shape index (κ2) is 7.49. The molecule has 0 saturated heterocycles. The molecular formula is C16H34N2. The summed E-state index contributed by atoms with van der Waals surface area (Å²) < 4.78 is 0. The molecule has 1 fully saturated rings. The minimum Gasteiger partial charge on any atom is -0.316 e. The standard InChI is InChI=1S/C16H34N2/c1-6-10-16(4,12-17-11-7-2)13-18(5)14(3)15-8-9-15/h14-15,17H,6-13H2,1-5H3. The van der Waals surface area contributed by atoms with Crippen LogP contribution in [0.1, 0.15) is 59.8 Å². The van der Waals surface area contributed by atoms with Crippen molar-refractivity contribution in [3.8, 4) is 0 Å². The molecule has 2 heteroatoms. The van der Waals surface area contributed by atoms with Crippen molar-refractivity contribution < 1.29 is 0 Å². The van der Waals surface area contributed by atoms with E-state index in [9.17, 15) is 0 Å². The van der Waals surface area contributed by atoms with Gasteiger partial charge >= 0.3 is 0 Å². The zero-order valence-electron chi connectivity index (χ0n) is 13.3. The van der Waals surface area contributed by atoms with Crippen molar-refractivity contribution >= 4 is 0 Å². The van der Waals surface area contributed by atoms with E-state index in [1.165, 1.54) is 38.6 Å². The minimum atomic E-state index is 0.432. The van der Waals surface area contributed by atoms with Crippen LogP contribution in [0, 0.1) is 11.3 Å². The van der Waals surface area contributed by atoms with Crippen LogP contribution in [0.4, 0.5) is 0 Å². The Morgan fingerprint density at radius 1 is 1.28 bits per heavy atom. The summed E-state index contributed by atoms with van der Waals surface area (Å²) in [5.41, 5.74) is 0.432. The van der Waals surface area contributed by atoms with Crippen molar-refractivity contribution in [2.75, 3.05) is 26.7 Å². The number of rotatable bonds is 10. The molecule has 2 unspecified atom stereocenters. The van der Waals surface area contributed by atoms with Crippen molar-refractivity contribution in [1.82, 2.24) is 10.2 Å². The fraction of sp³-hybridized carbons (Fsp3) is 1.00. The maximum Gasteiger partial charge on any atom is 0.00923 e. The van der Waals surface area contributed by atoms with E-state index in [1.54, 1.807) is 0 Å². The van der Waals surface area contributed by atoms with Crippen molar-refractivity contribution in [2.45, 2.75) is 65.8 Å². The summed E-state index contributed by atoms with van der Waals surface area (Å²) in [5.74, 6) is 0.976. The molecule has 0 bridgehead atoms. The summed E-state index contributed by atoms with van der Waals surface area (Å²) in [7, 11) is 2.32. The van der Waals surface area contributed by atoms with Crippen molar-refractivity contribution in [3.05, 3.63) is 0 Å². The van der Waals surface area contributed by atoms with E-state index in [4.69, 9.17) is 0 Å². The van der Waals surface area contributed by atoms with Gasteiger partial charge in [-0.2, -0.15) is 0 Å². The van der Waals surface area contributed by atoms with Crippen LogP contribution in [0.2, 0.25) is 0 Å². The smallest absolute Gasteiger partial charge is 0.00923 e. The highest BCUT2D eigenvalue weighted by Crippen LogP contribution is 2.36. The van der Waals surface area contributed by atoms with Crippen LogP contribution in [0.25, 0.3) is 0 Å². The molecule has 0 aliphatic heterocycles. The highest BCUT2D eigenvalue weighted by molar-refractivity contribution is 4.87. The van der Waals surface area contributed by atoms with Gasteiger partial charge in [0.25, 0.3) is 0 Å². The van der Waals surface area contributed by atoms with Crippen LogP contribution in [-0.2, 0) is 0 Å². The quantitative estimate of drug-likeness (QED) is 0.600. The zero-order chi connectivity index (χ0) is 13.6. The van der Waals surface area contributed by atoms with Gasteiger partial charge < -0.3 is 10.2 Å². The van der Waals surface area contributed by atoms with Crippen LogP contribution in [0.3, 0.4) is 0 Å². The first-order chi connectivity index (χ1) is 8.52. The Morgan fingerprint density at radius 3 is 2.44 bits per heavy atom. The Bertz CT molecular complexity index is 225. The molecule has 2 atom stereocenters. The fourth-order valence-corrected chi connectivity index (χ4v) is 3.08. The molecule has 0 aromatic heterocycles. The van der Waals surface area contributed by atoms with Crippen LogP contribution in [0.15, 0.2) is 0 Å². The summed E-state index contributed by atoms with van der Waals surface area (Å²) in [4.78, 5) is 2.60. The third-order valence-corrected chi connectivity index (χ3v) is 4.46. The lowest BCUT2D eigenvalue weighted by atomic mass is 9.84. The van der Waals surface area contributed by atoms with Crippen molar-refractivity contribution in [3.63, 3.8) is 0 Å². The largest absolute Gasteiger partial charge is 0.316 e. The molecule has 1 aliphatic rings. The highest BCUT2D eigenvalue weighted by atomic mass is 15.1. The first-order valence-electron chi connectivity index (χ1n) is 7.93. The van der Waals surface area contributed by atoms with Crippen LogP contribution in [0.5, 0.6) is 0 Å². The van der Waals surface area contributed by atoms with Crippen molar-refractivity contribution in [2.24, 2.45) is 11.3 Å². The Kier molecular flexibility index (Phi) is 6.65. The average molecular weight is 254 g/mol. The van der Waals surface area contributed by atoms with Gasteiger partial charge in [-0.3, -0.25) is 0 Å². The minimum absolute atomic E-state index is 0.432. The summed E-state index contributed by atoms with van der Waals surface area (Å²) >= 11 is 0. The molecular weight excluding hydrogens is 220 g/mol. The van der Waals surface area contributed by atoms with Gasteiger partial charge in [-0.25, -0.2) is 0 Å². The Balaban J connectivity index is 2.42. The summed E-state index contributed by atoms with van der Waals surface area (Å²) in [5, 5.41) is 3.62. The normalized spacial score (nSPS) is 21.0. The predicted molar refractivity (Wildman–Crippen MR) is 81.0 cm³/mol. The topological polar surface area (TPSA) is 15.3 Å². The van der Waals surface area contributed by atoms with E-state index in [1.807, 2.05) is 0 Å². The molecule has 0 radical (unpaired) electrons. The zero-order valence-corrected chi connectivity index (χ0v) is 13.3. The van der Waals surface area contributed by atoms with Crippen molar-refractivity contribution in [1.29, 1.82) is 0 Å². The number of nitrogens with zero attached hydrogens (tertiary/aromatic N) is 1. The molecule has 0 spiro atoms. The first-order valence-corrected chi connectivity index (χ1v) is 7.93. The molecule has 0 aromatic rings. The molecule has 2 nitrogen and oxygen atoms in total. The third-order valence-electron chi connectivity index (χ3n) is 4.46. The van der Waals surface area contributed by atoms with Gasteiger partial charge in [0.1, 0.15) is 0 Å². The third kappa shape index (κ3) is 5.27. The highest BCUT2D eigenvalue weighted by Gasteiger charge is 2.33. The van der Waals surface area contributed by atoms with Gasteiger partial charge in [0, 0.05) is 19.1 Å². The Hall–Kier alpha value is -0.0800. The molecule has 18 heavy (non-hydrogen) atoms. The lowest BCUT2D eigenvalue weighted by Gasteiger charge is -2.37. The van der Waals surface area contributed by atoms with Gasteiger partial charge in [0.15, 0.2) is 0 Å². The number of hydrogen-bond donors (Lipinski definition) is 1. The first kappa shape index (κ1) is 16.0. The molecule has 0 amide bonds. The molecule has 1 N–H and O–H groups in total. The van der Waals surface area contributed by atoms with E-state index in [2.05, 4.69) is 45.0 Å². The van der Waals surface area contributed by atoms with E-state index in [-0.39, 0.29) is 0 Å². The van der Waals surface area contributed by atoms with Crippen LogP contribution >= 0.6 is 0 Å². The Labute approximate surface area is 115 Å². The van der Waals surface area contributed by atoms with Crippen LogP contribution < -0.4 is 5.32 Å². The molecule has 1 rings (SSSR count). The van der Waals surface area contributed by atoms with E-state index in [0.717, 1.165) is 25.0 Å². The SMILES string of the molecule is CCCNCC(C)(CCC)CN(C)C(C)C1CC1. The lowest BCUT2D eigenvalue weighted by molar-refractivity contribution is 0.132. The lowest BCUT2D eigenvalue weighted by Crippen LogP contribution is -2.44. The predicted octanol–water partition coefficient (Wildman–Crippen LogP) is 3.52. The number of hydrogen-bond acceptors (Lipinski definition) is 2. The monoisotopic (exact) mass is 254 g/mol. The van der Waals surface area contributed by atoms with Gasteiger partial charge in [0.05, 0.1) is 0 Å². The second-order valence-electron chi connectivity index (χ2n) is 6.73. The van der Waals surface area contributed by atoms with E-state index < -0.39 is 0 Å². The molecule has 1 aliphatic carbocycles.